The van der Waals surface area contributed by atoms with Crippen LogP contribution in [0.15, 0.2) is 24.3 Å². The largest absolute Gasteiger partial charge is 0.310 e. The molecule has 0 heterocycles. The second-order valence-electron chi connectivity index (χ2n) is 4.84. The summed E-state index contributed by atoms with van der Waals surface area (Å²) in [5.41, 5.74) is 1.18. The molecule has 0 fully saturated rings. The molecule has 0 radical (unpaired) electrons. The first-order valence-corrected chi connectivity index (χ1v) is 6.44. The number of nitrogens with one attached hydrogen (secondary N) is 1. The Hall–Kier alpha value is -0.530. The Balaban J connectivity index is 2.31. The molecule has 90 valence electrons. The van der Waals surface area contributed by atoms with Gasteiger partial charge < -0.3 is 5.32 Å². The first kappa shape index (κ1) is 13.5. The van der Waals surface area contributed by atoms with E-state index in [-0.39, 0.29) is 0 Å². The molecule has 1 rings (SSSR count). The number of benzene rings is 1. The Bertz CT molecular complexity index is 309. The molecule has 1 N–H and O–H groups in total. The Morgan fingerprint density at radius 1 is 1.12 bits per heavy atom. The van der Waals surface area contributed by atoms with E-state index in [2.05, 4.69) is 32.2 Å². The third kappa shape index (κ3) is 5.00. The normalized spacial score (nSPS) is 13.1. The van der Waals surface area contributed by atoms with Gasteiger partial charge in [-0.3, -0.25) is 0 Å². The minimum absolute atomic E-state index is 0.554. The van der Waals surface area contributed by atoms with Gasteiger partial charge in [0.25, 0.3) is 0 Å². The average molecular weight is 240 g/mol. The van der Waals surface area contributed by atoms with E-state index in [1.54, 1.807) is 0 Å². The van der Waals surface area contributed by atoms with Gasteiger partial charge in [0, 0.05) is 17.6 Å². The van der Waals surface area contributed by atoms with Crippen LogP contribution in [0.4, 0.5) is 0 Å². The van der Waals surface area contributed by atoms with Crippen LogP contribution in [0.25, 0.3) is 0 Å². The second-order valence-corrected chi connectivity index (χ2v) is 5.25. The molecule has 2 heteroatoms. The van der Waals surface area contributed by atoms with E-state index in [0.717, 1.165) is 17.5 Å². The third-order valence-corrected chi connectivity index (χ3v) is 3.14. The van der Waals surface area contributed by atoms with Crippen molar-refractivity contribution in [3.8, 4) is 0 Å². The van der Waals surface area contributed by atoms with Gasteiger partial charge in [0.05, 0.1) is 0 Å². The molecule has 0 saturated heterocycles. The van der Waals surface area contributed by atoms with Crippen LogP contribution in [0.5, 0.6) is 0 Å². The maximum absolute atomic E-state index is 6.10. The van der Waals surface area contributed by atoms with Crippen LogP contribution < -0.4 is 5.32 Å². The molecule has 1 unspecified atom stereocenters. The molecular formula is C14H22ClN. The maximum Gasteiger partial charge on any atom is 0.0450 e. The Morgan fingerprint density at radius 3 is 2.44 bits per heavy atom. The summed E-state index contributed by atoms with van der Waals surface area (Å²) < 4.78 is 0. The van der Waals surface area contributed by atoms with Crippen LogP contribution in [0.2, 0.25) is 5.02 Å². The van der Waals surface area contributed by atoms with Gasteiger partial charge >= 0.3 is 0 Å². The smallest absolute Gasteiger partial charge is 0.0450 e. The van der Waals surface area contributed by atoms with E-state index in [1.165, 1.54) is 18.4 Å². The van der Waals surface area contributed by atoms with E-state index in [1.807, 2.05) is 18.2 Å². The van der Waals surface area contributed by atoms with Gasteiger partial charge in [-0.2, -0.15) is 0 Å². The predicted octanol–water partition coefficient (Wildman–Crippen LogP) is 4.25. The van der Waals surface area contributed by atoms with Crippen LogP contribution in [-0.4, -0.2) is 6.04 Å². The van der Waals surface area contributed by atoms with Gasteiger partial charge in [-0.15, -0.1) is 0 Å². The molecule has 1 atom stereocenters. The fourth-order valence-corrected chi connectivity index (χ4v) is 1.81. The zero-order valence-electron chi connectivity index (χ0n) is 10.5. The standard InChI is InChI=1S/C14H22ClN/c1-11(2)8-9-12(3)16-10-13-6-4-5-7-14(13)15/h4-7,11-12,16H,8-10H2,1-3H3. The number of hydrogen-bond donors (Lipinski definition) is 1. The molecule has 0 saturated carbocycles. The zero-order chi connectivity index (χ0) is 12.0. The summed E-state index contributed by atoms with van der Waals surface area (Å²) in [4.78, 5) is 0. The van der Waals surface area contributed by atoms with Crippen LogP contribution in [0.1, 0.15) is 39.2 Å². The molecule has 0 bridgehead atoms. The number of rotatable bonds is 6. The van der Waals surface area contributed by atoms with Crippen LogP contribution in [0.3, 0.4) is 0 Å². The first-order valence-electron chi connectivity index (χ1n) is 6.06. The fourth-order valence-electron chi connectivity index (χ4n) is 1.61. The van der Waals surface area contributed by atoms with Crippen LogP contribution >= 0.6 is 11.6 Å². The van der Waals surface area contributed by atoms with Crippen molar-refractivity contribution in [2.24, 2.45) is 5.92 Å². The monoisotopic (exact) mass is 239 g/mol. The lowest BCUT2D eigenvalue weighted by Crippen LogP contribution is -2.25. The topological polar surface area (TPSA) is 12.0 Å². The first-order chi connectivity index (χ1) is 7.59. The van der Waals surface area contributed by atoms with Crippen LogP contribution in [-0.2, 0) is 6.54 Å². The van der Waals surface area contributed by atoms with Gasteiger partial charge in [0.2, 0.25) is 0 Å². The van der Waals surface area contributed by atoms with Crippen molar-refractivity contribution in [1.82, 2.24) is 5.32 Å². The highest BCUT2D eigenvalue weighted by atomic mass is 35.5. The van der Waals surface area contributed by atoms with Crippen molar-refractivity contribution in [2.75, 3.05) is 0 Å². The fraction of sp³-hybridized carbons (Fsp3) is 0.571. The summed E-state index contributed by atoms with van der Waals surface area (Å²) in [6, 6.07) is 8.57. The summed E-state index contributed by atoms with van der Waals surface area (Å²) in [6.45, 7) is 7.62. The molecule has 0 aliphatic carbocycles. The van der Waals surface area contributed by atoms with Crippen molar-refractivity contribution < 1.29 is 0 Å². The highest BCUT2D eigenvalue weighted by Crippen LogP contribution is 2.15. The molecule has 0 spiro atoms. The summed E-state index contributed by atoms with van der Waals surface area (Å²) in [6.07, 6.45) is 2.50. The minimum Gasteiger partial charge on any atom is -0.310 e. The van der Waals surface area contributed by atoms with E-state index < -0.39 is 0 Å². The van der Waals surface area contributed by atoms with Gasteiger partial charge in [-0.25, -0.2) is 0 Å². The lowest BCUT2D eigenvalue weighted by Gasteiger charge is -2.15. The van der Waals surface area contributed by atoms with Crippen molar-refractivity contribution in [3.05, 3.63) is 34.9 Å². The molecule has 0 aliphatic rings. The summed E-state index contributed by atoms with van der Waals surface area (Å²) in [5.74, 6) is 0.782. The van der Waals surface area contributed by atoms with Crippen molar-refractivity contribution in [2.45, 2.75) is 46.2 Å². The number of halogens is 1. The molecular weight excluding hydrogens is 218 g/mol. The second kappa shape index (κ2) is 6.93. The lowest BCUT2D eigenvalue weighted by atomic mass is 10.0. The highest BCUT2D eigenvalue weighted by Gasteiger charge is 2.04. The highest BCUT2D eigenvalue weighted by molar-refractivity contribution is 6.31. The summed E-state index contributed by atoms with van der Waals surface area (Å²) in [7, 11) is 0. The SMILES string of the molecule is CC(C)CCC(C)NCc1ccccc1Cl. The Kier molecular flexibility index (Phi) is 5.86. The Labute approximate surface area is 104 Å². The van der Waals surface area contributed by atoms with E-state index in [0.29, 0.717) is 6.04 Å². The molecule has 1 aromatic carbocycles. The van der Waals surface area contributed by atoms with E-state index >= 15 is 0 Å². The van der Waals surface area contributed by atoms with Crippen molar-refractivity contribution >= 4 is 11.6 Å². The lowest BCUT2D eigenvalue weighted by molar-refractivity contribution is 0.451. The zero-order valence-corrected chi connectivity index (χ0v) is 11.2. The van der Waals surface area contributed by atoms with Gasteiger partial charge in [0.1, 0.15) is 0 Å². The van der Waals surface area contributed by atoms with E-state index in [9.17, 15) is 0 Å². The van der Waals surface area contributed by atoms with Crippen LogP contribution in [0, 0.1) is 5.92 Å². The number of hydrogen-bond acceptors (Lipinski definition) is 1. The van der Waals surface area contributed by atoms with Gasteiger partial charge in [-0.1, -0.05) is 43.6 Å². The van der Waals surface area contributed by atoms with Gasteiger partial charge in [0.15, 0.2) is 0 Å². The van der Waals surface area contributed by atoms with E-state index in [4.69, 9.17) is 11.6 Å². The minimum atomic E-state index is 0.554. The summed E-state index contributed by atoms with van der Waals surface area (Å²) in [5, 5.41) is 4.36. The molecule has 0 aromatic heterocycles. The molecule has 0 amide bonds. The third-order valence-electron chi connectivity index (χ3n) is 2.78. The molecule has 1 aromatic rings. The Morgan fingerprint density at radius 2 is 1.81 bits per heavy atom. The summed E-state index contributed by atoms with van der Waals surface area (Å²) >= 11 is 6.10. The van der Waals surface area contributed by atoms with Crippen molar-refractivity contribution in [1.29, 1.82) is 0 Å². The average Bonchev–Trinajstić information content (AvgIpc) is 2.25. The quantitative estimate of drug-likeness (QED) is 0.783. The molecule has 1 nitrogen and oxygen atoms in total. The van der Waals surface area contributed by atoms with Crippen molar-refractivity contribution in [3.63, 3.8) is 0 Å². The molecule has 16 heavy (non-hydrogen) atoms. The maximum atomic E-state index is 6.10. The van der Waals surface area contributed by atoms with Gasteiger partial charge in [-0.05, 0) is 37.3 Å². The predicted molar refractivity (Wildman–Crippen MR) is 71.8 cm³/mol. The molecule has 0 aliphatic heterocycles.